The van der Waals surface area contributed by atoms with Gasteiger partial charge in [-0.25, -0.2) is 0 Å². The molecule has 1 aliphatic carbocycles. The van der Waals surface area contributed by atoms with E-state index >= 15 is 0 Å². The van der Waals surface area contributed by atoms with Gasteiger partial charge < -0.3 is 10.2 Å². The topological polar surface area (TPSA) is 39.2 Å². The number of hydrogen-bond acceptors (Lipinski definition) is 2. The summed E-state index contributed by atoms with van der Waals surface area (Å²) in [6, 6.07) is 3.03. The summed E-state index contributed by atoms with van der Waals surface area (Å²) < 4.78 is 31.9. The molecule has 84 valence electrons. The molecule has 2 atom stereocenters. The number of furan rings is 1. The van der Waals surface area contributed by atoms with Crippen LogP contribution in [-0.4, -0.2) is 6.54 Å². The molecule has 1 heterocycles. The van der Waals surface area contributed by atoms with Gasteiger partial charge in [0.2, 0.25) is 0 Å². The summed E-state index contributed by atoms with van der Waals surface area (Å²) >= 11 is 0. The second-order valence-electron chi connectivity index (χ2n) is 4.26. The van der Waals surface area contributed by atoms with Gasteiger partial charge >= 0.3 is 5.92 Å². The van der Waals surface area contributed by atoms with E-state index in [4.69, 9.17) is 10.2 Å². The van der Waals surface area contributed by atoms with Crippen LogP contribution >= 0.6 is 0 Å². The van der Waals surface area contributed by atoms with Crippen molar-refractivity contribution >= 4 is 0 Å². The molecule has 2 nitrogen and oxygen atoms in total. The Morgan fingerprint density at radius 3 is 2.73 bits per heavy atom. The molecular weight excluding hydrogens is 200 g/mol. The molecule has 1 saturated carbocycles. The highest BCUT2D eigenvalue weighted by molar-refractivity contribution is 5.19. The predicted molar refractivity (Wildman–Crippen MR) is 52.8 cm³/mol. The first kappa shape index (κ1) is 10.6. The fraction of sp³-hybridized carbons (Fsp3) is 0.636. The second-order valence-corrected chi connectivity index (χ2v) is 4.26. The lowest BCUT2D eigenvalue weighted by Gasteiger charge is -2.11. The van der Waals surface area contributed by atoms with Crippen molar-refractivity contribution in [3.05, 3.63) is 23.7 Å². The first-order valence-electron chi connectivity index (χ1n) is 5.22. The SMILES string of the molecule is CC1CC1c1ccc(C(F)(F)CCN)o1. The molecule has 1 aromatic heterocycles. The molecule has 2 rings (SSSR count). The highest BCUT2D eigenvalue weighted by atomic mass is 19.3. The van der Waals surface area contributed by atoms with Crippen LogP contribution in [-0.2, 0) is 5.92 Å². The van der Waals surface area contributed by atoms with Crippen LogP contribution in [0, 0.1) is 5.92 Å². The van der Waals surface area contributed by atoms with Gasteiger partial charge in [-0.1, -0.05) is 6.92 Å². The van der Waals surface area contributed by atoms with Crippen molar-refractivity contribution in [2.75, 3.05) is 6.54 Å². The lowest BCUT2D eigenvalue weighted by Crippen LogP contribution is -2.17. The van der Waals surface area contributed by atoms with Gasteiger partial charge in [-0.05, 0) is 31.0 Å². The molecule has 0 saturated heterocycles. The molecule has 0 aromatic carbocycles. The van der Waals surface area contributed by atoms with Crippen LogP contribution in [0.1, 0.15) is 37.2 Å². The molecule has 2 unspecified atom stereocenters. The molecule has 2 N–H and O–H groups in total. The number of alkyl halides is 2. The number of hydrogen-bond donors (Lipinski definition) is 1. The van der Waals surface area contributed by atoms with Crippen LogP contribution in [0.5, 0.6) is 0 Å². The summed E-state index contributed by atoms with van der Waals surface area (Å²) in [5.41, 5.74) is 5.13. The highest BCUT2D eigenvalue weighted by Gasteiger charge is 2.39. The molecular formula is C11H15F2NO. The summed E-state index contributed by atoms with van der Waals surface area (Å²) in [5.74, 6) is -1.58. The van der Waals surface area contributed by atoms with Crippen molar-refractivity contribution in [1.29, 1.82) is 0 Å². The lowest BCUT2D eigenvalue weighted by molar-refractivity contribution is -0.0325. The molecule has 0 spiro atoms. The zero-order valence-electron chi connectivity index (χ0n) is 8.67. The van der Waals surface area contributed by atoms with Crippen LogP contribution in [0.25, 0.3) is 0 Å². The van der Waals surface area contributed by atoms with Gasteiger partial charge in [0.15, 0.2) is 5.76 Å². The van der Waals surface area contributed by atoms with E-state index in [1.165, 1.54) is 6.07 Å². The van der Waals surface area contributed by atoms with Gasteiger partial charge in [-0.15, -0.1) is 0 Å². The minimum absolute atomic E-state index is 0.0388. The second kappa shape index (κ2) is 3.59. The van der Waals surface area contributed by atoms with Gasteiger partial charge in [0.1, 0.15) is 5.76 Å². The maximum atomic E-state index is 13.4. The van der Waals surface area contributed by atoms with Gasteiger partial charge in [0.25, 0.3) is 0 Å². The van der Waals surface area contributed by atoms with Crippen molar-refractivity contribution in [2.45, 2.75) is 31.6 Å². The average Bonchev–Trinajstić information content (AvgIpc) is 2.70. The molecule has 1 fully saturated rings. The van der Waals surface area contributed by atoms with Crippen LogP contribution < -0.4 is 5.73 Å². The zero-order chi connectivity index (χ0) is 11.1. The van der Waals surface area contributed by atoms with Crippen LogP contribution in [0.3, 0.4) is 0 Å². The Bertz CT molecular complexity index is 348. The third kappa shape index (κ3) is 2.04. The lowest BCUT2D eigenvalue weighted by atomic mass is 10.2. The van der Waals surface area contributed by atoms with E-state index in [1.807, 2.05) is 0 Å². The molecule has 0 amide bonds. The highest BCUT2D eigenvalue weighted by Crippen LogP contribution is 2.48. The van der Waals surface area contributed by atoms with Crippen molar-refractivity contribution < 1.29 is 13.2 Å². The number of halogens is 2. The predicted octanol–water partition coefficient (Wildman–Crippen LogP) is 2.84. The Balaban J connectivity index is 2.12. The maximum Gasteiger partial charge on any atom is 0.305 e. The fourth-order valence-electron chi connectivity index (χ4n) is 1.77. The minimum atomic E-state index is -2.93. The minimum Gasteiger partial charge on any atom is -0.459 e. The number of rotatable bonds is 4. The maximum absolute atomic E-state index is 13.4. The van der Waals surface area contributed by atoms with Crippen LogP contribution in [0.2, 0.25) is 0 Å². The van der Waals surface area contributed by atoms with Crippen molar-refractivity contribution in [1.82, 2.24) is 0 Å². The van der Waals surface area contributed by atoms with E-state index in [2.05, 4.69) is 6.92 Å². The van der Waals surface area contributed by atoms with Gasteiger partial charge in [-0.2, -0.15) is 8.78 Å². The molecule has 0 aliphatic heterocycles. The average molecular weight is 215 g/mol. The number of nitrogens with two attached hydrogens (primary N) is 1. The normalized spacial score (nSPS) is 25.6. The Hall–Kier alpha value is -0.900. The summed E-state index contributed by atoms with van der Waals surface area (Å²) in [5, 5.41) is 0. The van der Waals surface area contributed by atoms with E-state index < -0.39 is 5.92 Å². The molecule has 1 aliphatic rings. The van der Waals surface area contributed by atoms with Gasteiger partial charge in [0, 0.05) is 12.3 Å². The monoisotopic (exact) mass is 215 g/mol. The summed E-state index contributed by atoms with van der Waals surface area (Å²) in [6.07, 6.45) is 0.676. The third-order valence-electron chi connectivity index (χ3n) is 2.92. The van der Waals surface area contributed by atoms with E-state index in [9.17, 15) is 8.78 Å². The van der Waals surface area contributed by atoms with Crippen molar-refractivity contribution in [3.63, 3.8) is 0 Å². The Labute approximate surface area is 87.4 Å². The van der Waals surface area contributed by atoms with E-state index in [-0.39, 0.29) is 18.7 Å². The van der Waals surface area contributed by atoms with Crippen LogP contribution in [0.4, 0.5) is 8.78 Å². The summed E-state index contributed by atoms with van der Waals surface area (Å²) in [7, 11) is 0. The molecule has 1 aromatic rings. The van der Waals surface area contributed by atoms with Crippen molar-refractivity contribution in [2.24, 2.45) is 11.7 Å². The molecule has 15 heavy (non-hydrogen) atoms. The van der Waals surface area contributed by atoms with E-state index in [0.717, 1.165) is 6.42 Å². The quantitative estimate of drug-likeness (QED) is 0.838. The zero-order valence-corrected chi connectivity index (χ0v) is 8.67. The van der Waals surface area contributed by atoms with E-state index in [1.54, 1.807) is 6.07 Å². The molecule has 0 bridgehead atoms. The van der Waals surface area contributed by atoms with Crippen molar-refractivity contribution in [3.8, 4) is 0 Å². The summed E-state index contributed by atoms with van der Waals surface area (Å²) in [4.78, 5) is 0. The standard InChI is InChI=1S/C11H15F2NO/c1-7-6-8(7)9-2-3-10(15-9)11(12,13)4-5-14/h2-3,7-8H,4-6,14H2,1H3. The van der Waals surface area contributed by atoms with Gasteiger partial charge in [-0.3, -0.25) is 0 Å². The first-order valence-corrected chi connectivity index (χ1v) is 5.22. The van der Waals surface area contributed by atoms with Crippen LogP contribution in [0.15, 0.2) is 16.5 Å². The Morgan fingerprint density at radius 1 is 1.53 bits per heavy atom. The molecule has 0 radical (unpaired) electrons. The smallest absolute Gasteiger partial charge is 0.305 e. The largest absolute Gasteiger partial charge is 0.459 e. The Kier molecular flexibility index (Phi) is 2.54. The van der Waals surface area contributed by atoms with Gasteiger partial charge in [0.05, 0.1) is 0 Å². The first-order chi connectivity index (χ1) is 7.04. The summed E-state index contributed by atoms with van der Waals surface area (Å²) in [6.45, 7) is 2.05. The fourth-order valence-corrected chi connectivity index (χ4v) is 1.77. The third-order valence-corrected chi connectivity index (χ3v) is 2.92. The molecule has 4 heteroatoms. The Morgan fingerprint density at radius 2 is 2.20 bits per heavy atom. The van der Waals surface area contributed by atoms with E-state index in [0.29, 0.717) is 17.6 Å².